The summed E-state index contributed by atoms with van der Waals surface area (Å²) in [5.41, 5.74) is 0. The van der Waals surface area contributed by atoms with Gasteiger partial charge in [-0.1, -0.05) is 117 Å². The van der Waals surface area contributed by atoms with Crippen LogP contribution in [0.15, 0.2) is 12.7 Å². The summed E-state index contributed by atoms with van der Waals surface area (Å²) in [6.07, 6.45) is 21.8. The topological polar surface area (TPSA) is 0 Å². The van der Waals surface area contributed by atoms with E-state index in [1.165, 1.54) is 89.9 Å². The molecule has 0 nitrogen and oxygen atoms in total. The second kappa shape index (κ2) is 16.6. The first kappa shape index (κ1) is 22.7. The van der Waals surface area contributed by atoms with Crippen molar-refractivity contribution in [1.29, 1.82) is 0 Å². The van der Waals surface area contributed by atoms with Crippen LogP contribution in [-0.4, -0.2) is 0 Å². The Bertz CT molecular complexity index is 242. The minimum absolute atomic E-state index is 0.882. The molecule has 0 aromatic carbocycles. The fourth-order valence-electron chi connectivity index (χ4n) is 3.95. The third kappa shape index (κ3) is 12.8. The SMILES string of the molecule is C=CCC(CC)CCCCC(C)C(CCC)CCCCCCC. The van der Waals surface area contributed by atoms with E-state index >= 15 is 0 Å². The molecular formula is C23H46. The van der Waals surface area contributed by atoms with E-state index in [1.54, 1.807) is 0 Å². The van der Waals surface area contributed by atoms with E-state index in [4.69, 9.17) is 0 Å². The van der Waals surface area contributed by atoms with E-state index in [0.717, 1.165) is 17.8 Å². The van der Waals surface area contributed by atoms with E-state index < -0.39 is 0 Å². The van der Waals surface area contributed by atoms with Gasteiger partial charge in [-0.2, -0.15) is 0 Å². The number of allylic oxidation sites excluding steroid dienone is 1. The predicted molar refractivity (Wildman–Crippen MR) is 108 cm³/mol. The van der Waals surface area contributed by atoms with Gasteiger partial charge in [0.1, 0.15) is 0 Å². The van der Waals surface area contributed by atoms with E-state index in [2.05, 4.69) is 40.3 Å². The highest BCUT2D eigenvalue weighted by Gasteiger charge is 2.16. The van der Waals surface area contributed by atoms with Gasteiger partial charge in [-0.3, -0.25) is 0 Å². The molecule has 3 unspecified atom stereocenters. The van der Waals surface area contributed by atoms with Crippen LogP contribution in [-0.2, 0) is 0 Å². The zero-order valence-corrected chi connectivity index (χ0v) is 16.9. The predicted octanol–water partition coefficient (Wildman–Crippen LogP) is 8.56. The maximum Gasteiger partial charge on any atom is -0.0325 e. The van der Waals surface area contributed by atoms with E-state index in [1.807, 2.05) is 0 Å². The van der Waals surface area contributed by atoms with Crippen molar-refractivity contribution in [3.63, 3.8) is 0 Å². The number of hydrogen-bond donors (Lipinski definition) is 0. The van der Waals surface area contributed by atoms with Gasteiger partial charge in [0.05, 0.1) is 0 Å². The molecule has 0 aliphatic rings. The Balaban J connectivity index is 3.90. The number of rotatable bonds is 17. The molecule has 0 spiro atoms. The standard InChI is InChI=1S/C23H46/c1-6-10-11-12-13-20-23(17-8-3)21(5)18-14-15-19-22(9-4)16-7-2/h7,21-23H,2,6,8-20H2,1,3-5H3. The molecule has 0 saturated heterocycles. The van der Waals surface area contributed by atoms with Gasteiger partial charge in [-0.25, -0.2) is 0 Å². The lowest BCUT2D eigenvalue weighted by Gasteiger charge is -2.24. The molecule has 0 rings (SSSR count). The van der Waals surface area contributed by atoms with Crippen molar-refractivity contribution in [2.45, 2.75) is 118 Å². The van der Waals surface area contributed by atoms with Crippen LogP contribution in [0.3, 0.4) is 0 Å². The van der Waals surface area contributed by atoms with E-state index in [-0.39, 0.29) is 0 Å². The van der Waals surface area contributed by atoms with Crippen molar-refractivity contribution in [3.8, 4) is 0 Å². The summed E-state index contributed by atoms with van der Waals surface area (Å²) in [5, 5.41) is 0. The number of unbranched alkanes of at least 4 members (excludes halogenated alkanes) is 5. The monoisotopic (exact) mass is 322 g/mol. The van der Waals surface area contributed by atoms with Crippen molar-refractivity contribution < 1.29 is 0 Å². The summed E-state index contributed by atoms with van der Waals surface area (Å²) in [5.74, 6) is 2.80. The molecule has 0 fully saturated rings. The van der Waals surface area contributed by atoms with Gasteiger partial charge < -0.3 is 0 Å². The largest absolute Gasteiger partial charge is 0.103 e. The summed E-state index contributed by atoms with van der Waals surface area (Å²) in [6.45, 7) is 13.4. The molecule has 0 radical (unpaired) electrons. The normalized spacial score (nSPS) is 15.3. The maximum atomic E-state index is 3.90. The average molecular weight is 323 g/mol. The average Bonchev–Trinajstić information content (AvgIpc) is 2.56. The van der Waals surface area contributed by atoms with Crippen LogP contribution in [0.2, 0.25) is 0 Å². The molecule has 0 bridgehead atoms. The van der Waals surface area contributed by atoms with Crippen molar-refractivity contribution in [2.24, 2.45) is 17.8 Å². The van der Waals surface area contributed by atoms with Gasteiger partial charge >= 0.3 is 0 Å². The lowest BCUT2D eigenvalue weighted by molar-refractivity contribution is 0.278. The Morgan fingerprint density at radius 3 is 2.00 bits per heavy atom. The number of hydrogen-bond acceptors (Lipinski definition) is 0. The van der Waals surface area contributed by atoms with Crippen LogP contribution in [0.25, 0.3) is 0 Å². The van der Waals surface area contributed by atoms with Gasteiger partial charge in [-0.05, 0) is 24.2 Å². The molecule has 23 heavy (non-hydrogen) atoms. The second-order valence-electron chi connectivity index (χ2n) is 7.81. The van der Waals surface area contributed by atoms with Crippen LogP contribution in [0, 0.1) is 17.8 Å². The van der Waals surface area contributed by atoms with Crippen molar-refractivity contribution in [2.75, 3.05) is 0 Å². The van der Waals surface area contributed by atoms with Gasteiger partial charge in [0, 0.05) is 0 Å². The lowest BCUT2D eigenvalue weighted by Crippen LogP contribution is -2.12. The molecular weight excluding hydrogens is 276 g/mol. The minimum atomic E-state index is 0.882. The Labute approximate surface area is 148 Å². The van der Waals surface area contributed by atoms with Crippen molar-refractivity contribution >= 4 is 0 Å². The summed E-state index contributed by atoms with van der Waals surface area (Å²) >= 11 is 0. The van der Waals surface area contributed by atoms with Crippen LogP contribution < -0.4 is 0 Å². The molecule has 0 aromatic heterocycles. The van der Waals surface area contributed by atoms with Crippen LogP contribution in [0.5, 0.6) is 0 Å². The van der Waals surface area contributed by atoms with Gasteiger partial charge in [0.15, 0.2) is 0 Å². The zero-order valence-electron chi connectivity index (χ0n) is 16.9. The first-order valence-corrected chi connectivity index (χ1v) is 10.8. The molecule has 0 aliphatic carbocycles. The van der Waals surface area contributed by atoms with Crippen LogP contribution in [0.4, 0.5) is 0 Å². The molecule has 0 aromatic rings. The van der Waals surface area contributed by atoms with Gasteiger partial charge in [0.25, 0.3) is 0 Å². The summed E-state index contributed by atoms with van der Waals surface area (Å²) < 4.78 is 0. The first-order valence-electron chi connectivity index (χ1n) is 10.8. The van der Waals surface area contributed by atoms with Gasteiger partial charge in [0.2, 0.25) is 0 Å². The fourth-order valence-corrected chi connectivity index (χ4v) is 3.95. The van der Waals surface area contributed by atoms with Crippen LogP contribution >= 0.6 is 0 Å². The molecule has 0 aliphatic heterocycles. The summed E-state index contributed by atoms with van der Waals surface area (Å²) in [6, 6.07) is 0. The Morgan fingerprint density at radius 1 is 0.739 bits per heavy atom. The minimum Gasteiger partial charge on any atom is -0.103 e. The quantitative estimate of drug-likeness (QED) is 0.186. The second-order valence-corrected chi connectivity index (χ2v) is 7.81. The van der Waals surface area contributed by atoms with Gasteiger partial charge in [-0.15, -0.1) is 6.58 Å². The molecule has 0 N–H and O–H groups in total. The zero-order chi connectivity index (χ0) is 17.3. The van der Waals surface area contributed by atoms with E-state index in [9.17, 15) is 0 Å². The third-order valence-electron chi connectivity index (χ3n) is 5.74. The molecule has 0 amide bonds. The smallest absolute Gasteiger partial charge is 0.0325 e. The molecule has 0 heterocycles. The Kier molecular flexibility index (Phi) is 16.4. The third-order valence-corrected chi connectivity index (χ3v) is 5.74. The lowest BCUT2D eigenvalue weighted by atomic mass is 9.82. The Hall–Kier alpha value is -0.260. The van der Waals surface area contributed by atoms with E-state index in [0.29, 0.717) is 0 Å². The molecule has 0 saturated carbocycles. The fraction of sp³-hybridized carbons (Fsp3) is 0.913. The molecule has 138 valence electrons. The van der Waals surface area contributed by atoms with Crippen LogP contribution in [0.1, 0.15) is 118 Å². The Morgan fingerprint density at radius 2 is 1.39 bits per heavy atom. The summed E-state index contributed by atoms with van der Waals surface area (Å²) in [7, 11) is 0. The highest BCUT2D eigenvalue weighted by molar-refractivity contribution is 4.73. The molecule has 0 heteroatoms. The first-order chi connectivity index (χ1) is 11.2. The summed E-state index contributed by atoms with van der Waals surface area (Å²) in [4.78, 5) is 0. The van der Waals surface area contributed by atoms with Crippen molar-refractivity contribution in [3.05, 3.63) is 12.7 Å². The van der Waals surface area contributed by atoms with Crippen molar-refractivity contribution in [1.82, 2.24) is 0 Å². The maximum absolute atomic E-state index is 3.90. The molecule has 3 atom stereocenters. The highest BCUT2D eigenvalue weighted by atomic mass is 14.2. The highest BCUT2D eigenvalue weighted by Crippen LogP contribution is 2.29.